The van der Waals surface area contributed by atoms with Crippen LogP contribution in [0, 0.1) is 0 Å². The highest BCUT2D eigenvalue weighted by atomic mass is 28.4. The highest BCUT2D eigenvalue weighted by Crippen LogP contribution is 2.36. The predicted molar refractivity (Wildman–Crippen MR) is 218 cm³/mol. The number of carbonyl (C=O) groups is 5. The number of aliphatic hydroxyl groups is 1. The first kappa shape index (κ1) is 49.5. The molecule has 5 fully saturated rings. The third-order valence-electron chi connectivity index (χ3n) is 10.7. The van der Waals surface area contributed by atoms with Gasteiger partial charge in [-0.05, 0) is 88.8 Å². The van der Waals surface area contributed by atoms with Crippen molar-refractivity contribution in [3.63, 3.8) is 0 Å². The summed E-state index contributed by atoms with van der Waals surface area (Å²) in [6.45, 7) is 22.2. The van der Waals surface area contributed by atoms with E-state index in [4.69, 9.17) is 15.3 Å². The molecule has 0 radical (unpaired) electrons. The molecule has 13 nitrogen and oxygen atoms in total. The molecule has 14 heteroatoms. The molecule has 0 bridgehead atoms. The number of piperidine rings is 5. The number of nitrogens with one attached hydrogen (secondary N) is 1. The van der Waals surface area contributed by atoms with Crippen LogP contribution in [0.1, 0.15) is 130 Å². The Bertz CT molecular complexity index is 1020. The number of amides is 5. The summed E-state index contributed by atoms with van der Waals surface area (Å²) in [6, 6.07) is 0. The highest BCUT2D eigenvalue weighted by molar-refractivity contribution is 6.74. The fraction of sp³-hybridized carbons (Fsp3) is 0.875. The Morgan fingerprint density at radius 1 is 0.630 bits per heavy atom. The van der Waals surface area contributed by atoms with E-state index in [2.05, 4.69) is 46.1 Å². The summed E-state index contributed by atoms with van der Waals surface area (Å²) >= 11 is 0. The molecule has 0 atom stereocenters. The number of rotatable bonds is 10. The third-order valence-corrected chi connectivity index (χ3v) is 15.3. The van der Waals surface area contributed by atoms with Crippen LogP contribution in [0.4, 0.5) is 0 Å². The van der Waals surface area contributed by atoms with Gasteiger partial charge in [0.05, 0.1) is 13.2 Å². The van der Waals surface area contributed by atoms with Gasteiger partial charge in [-0.15, -0.1) is 0 Å². The summed E-state index contributed by atoms with van der Waals surface area (Å²) in [5.41, 5.74) is 5.33. The zero-order valence-corrected chi connectivity index (χ0v) is 36.1. The smallest absolute Gasteiger partial charge is 0.222 e. The molecule has 5 amide bonds. The van der Waals surface area contributed by atoms with Crippen molar-refractivity contribution in [3.05, 3.63) is 0 Å². The lowest BCUT2D eigenvalue weighted by Crippen LogP contribution is -2.44. The first-order valence-electron chi connectivity index (χ1n) is 21.0. The number of hydrogen-bond acceptors (Lipinski definition) is 8. The summed E-state index contributed by atoms with van der Waals surface area (Å²) in [6.07, 6.45) is 15.7. The van der Waals surface area contributed by atoms with Crippen molar-refractivity contribution < 1.29 is 33.5 Å². The molecule has 5 aliphatic heterocycles. The summed E-state index contributed by atoms with van der Waals surface area (Å²) < 4.78 is 6.09. The van der Waals surface area contributed by atoms with Crippen LogP contribution in [0.25, 0.3) is 0 Å². The van der Waals surface area contributed by atoms with Crippen LogP contribution in [0.15, 0.2) is 0 Å². The molecule has 0 unspecified atom stereocenters. The van der Waals surface area contributed by atoms with Crippen molar-refractivity contribution in [2.45, 2.75) is 149 Å². The van der Waals surface area contributed by atoms with E-state index < -0.39 is 8.32 Å². The molecule has 0 aromatic rings. The average Bonchev–Trinajstić information content (AvgIpc) is 3.13. The number of likely N-dealkylation sites (tertiary alicyclic amines) is 4. The van der Waals surface area contributed by atoms with Gasteiger partial charge in [0, 0.05) is 97.6 Å². The van der Waals surface area contributed by atoms with Crippen molar-refractivity contribution in [3.8, 4) is 0 Å². The topological polar surface area (TPSA) is 166 Å². The Kier molecular flexibility index (Phi) is 25.6. The van der Waals surface area contributed by atoms with E-state index in [1.54, 1.807) is 4.90 Å². The molecule has 5 heterocycles. The number of nitrogens with zero attached hydrogens (tertiary/aromatic N) is 4. The molecular weight excluding hydrogens is 705 g/mol. The molecule has 4 N–H and O–H groups in total. The van der Waals surface area contributed by atoms with E-state index in [0.717, 1.165) is 142 Å². The van der Waals surface area contributed by atoms with Crippen LogP contribution in [0.3, 0.4) is 0 Å². The molecule has 0 aromatic heterocycles. The summed E-state index contributed by atoms with van der Waals surface area (Å²) in [7, 11) is -1.65. The van der Waals surface area contributed by atoms with E-state index in [1.165, 1.54) is 6.42 Å². The van der Waals surface area contributed by atoms with E-state index in [9.17, 15) is 24.0 Å². The van der Waals surface area contributed by atoms with Gasteiger partial charge in [-0.2, -0.15) is 0 Å². The van der Waals surface area contributed by atoms with Crippen molar-refractivity contribution in [1.82, 2.24) is 24.9 Å². The average molecular weight is 783 g/mol. The van der Waals surface area contributed by atoms with Gasteiger partial charge in [-0.3, -0.25) is 24.0 Å². The maximum Gasteiger partial charge on any atom is 0.222 e. The van der Waals surface area contributed by atoms with Crippen molar-refractivity contribution >= 4 is 37.9 Å². The largest absolute Gasteiger partial charge is 0.415 e. The molecule has 0 saturated carbocycles. The lowest BCUT2D eigenvalue weighted by molar-refractivity contribution is -0.134. The predicted octanol–water partition coefficient (Wildman–Crippen LogP) is 4.66. The van der Waals surface area contributed by atoms with Gasteiger partial charge in [0.15, 0.2) is 8.32 Å². The fourth-order valence-electron chi connectivity index (χ4n) is 6.29. The van der Waals surface area contributed by atoms with Crippen LogP contribution < -0.4 is 11.1 Å². The zero-order valence-electron chi connectivity index (χ0n) is 35.1. The van der Waals surface area contributed by atoms with Gasteiger partial charge in [0.2, 0.25) is 29.5 Å². The lowest BCUT2D eigenvalue weighted by atomic mass is 10.1. The second kappa shape index (κ2) is 27.9. The van der Waals surface area contributed by atoms with Crippen LogP contribution in [0.2, 0.25) is 18.1 Å². The second-order valence-electron chi connectivity index (χ2n) is 16.3. The van der Waals surface area contributed by atoms with E-state index >= 15 is 0 Å². The molecular formula is C40H78N6O7Si. The fourth-order valence-corrected chi connectivity index (χ4v) is 7.33. The number of hydrogen-bond donors (Lipinski definition) is 3. The Morgan fingerprint density at radius 2 is 1.04 bits per heavy atom. The van der Waals surface area contributed by atoms with E-state index in [-0.39, 0.29) is 29.4 Å². The number of carbonyl (C=O) groups excluding carboxylic acids is 5. The van der Waals surface area contributed by atoms with Crippen molar-refractivity contribution in [2.75, 3.05) is 78.7 Å². The molecule has 314 valence electrons. The van der Waals surface area contributed by atoms with E-state index in [0.29, 0.717) is 37.9 Å². The van der Waals surface area contributed by atoms with Crippen LogP contribution >= 0.6 is 0 Å². The Hall–Kier alpha value is -2.55. The minimum absolute atomic E-state index is 0.0890. The molecule has 0 spiro atoms. The minimum atomic E-state index is -1.65. The molecule has 5 saturated heterocycles. The van der Waals surface area contributed by atoms with Crippen LogP contribution in [-0.2, 0) is 28.4 Å². The van der Waals surface area contributed by atoms with Crippen LogP contribution in [-0.4, -0.2) is 141 Å². The Balaban J connectivity index is 0.000000348. The molecule has 5 aliphatic rings. The molecule has 0 aliphatic carbocycles. The molecule has 0 aromatic carbocycles. The summed E-state index contributed by atoms with van der Waals surface area (Å²) in [4.78, 5) is 62.7. The van der Waals surface area contributed by atoms with Crippen LogP contribution in [0.5, 0.6) is 0 Å². The number of β-amino-alcohol motifs (C(OH)–C–C–N with tert-alkyl or cyclic N) is 1. The lowest BCUT2D eigenvalue weighted by Gasteiger charge is -2.37. The van der Waals surface area contributed by atoms with E-state index in [1.807, 2.05) is 14.7 Å². The Labute approximate surface area is 328 Å². The quantitative estimate of drug-likeness (QED) is 0.269. The van der Waals surface area contributed by atoms with Crippen molar-refractivity contribution in [2.24, 2.45) is 5.73 Å². The van der Waals surface area contributed by atoms with Gasteiger partial charge in [-0.1, -0.05) is 27.7 Å². The second-order valence-corrected chi connectivity index (χ2v) is 21.1. The molecule has 54 heavy (non-hydrogen) atoms. The number of nitrogens with two attached hydrogens (primary N) is 1. The van der Waals surface area contributed by atoms with Gasteiger partial charge in [0.1, 0.15) is 0 Å². The maximum absolute atomic E-state index is 11.6. The van der Waals surface area contributed by atoms with Crippen molar-refractivity contribution in [1.29, 1.82) is 0 Å². The van der Waals surface area contributed by atoms with Gasteiger partial charge < -0.3 is 40.2 Å². The highest BCUT2D eigenvalue weighted by Gasteiger charge is 2.37. The van der Waals surface area contributed by atoms with Gasteiger partial charge in [0.25, 0.3) is 0 Å². The third kappa shape index (κ3) is 20.9. The monoisotopic (exact) mass is 783 g/mol. The normalized spacial score (nSPS) is 19.6. The standard InChI is InChI=1S/C13H27NO2Si.C8H15NO.C7H14N2O.C7H13NO2.C5H9NO/c1-13(2,3)17(4,5)16-11-10-14-9-7-6-8-12(14)15;1-2-6-9-7-4-3-5-8(9)10;8-4-6-9-5-2-1-3-7(9)10;9-6-5-8-4-2-1-3-7(8)10;7-5-3-1-2-4-6-5/h6-11H2,1-5H3;2-7H2,1H3;1-6,8H2;9H,1-6H2;1-4H2,(H,6,7). The number of aliphatic hydroxyl groups excluding tert-OH is 1. The summed E-state index contributed by atoms with van der Waals surface area (Å²) in [5, 5.41) is 11.5. The zero-order chi connectivity index (χ0) is 40.4. The molecule has 5 rings (SSSR count). The summed E-state index contributed by atoms with van der Waals surface area (Å²) in [5.74, 6) is 1.34. The minimum Gasteiger partial charge on any atom is -0.415 e. The first-order chi connectivity index (χ1) is 25.7. The van der Waals surface area contributed by atoms with Gasteiger partial charge >= 0.3 is 0 Å². The SMILES string of the molecule is CC(C)(C)[Si](C)(C)OCCN1CCCCC1=O.CCCN1CCCCC1=O.NCCN1CCCCC1=O.O=C1CCCCN1.O=C1CCCCN1CCO. The Morgan fingerprint density at radius 3 is 1.35 bits per heavy atom. The maximum atomic E-state index is 11.6. The first-order valence-corrected chi connectivity index (χ1v) is 23.9. The van der Waals surface area contributed by atoms with Gasteiger partial charge in [-0.25, -0.2) is 0 Å².